The zero-order chi connectivity index (χ0) is 11.5. The summed E-state index contributed by atoms with van der Waals surface area (Å²) in [5.41, 5.74) is 0.0601. The van der Waals surface area contributed by atoms with E-state index in [0.717, 1.165) is 6.42 Å². The first-order valence-electron chi connectivity index (χ1n) is 6.03. The van der Waals surface area contributed by atoms with Gasteiger partial charge in [-0.3, -0.25) is 4.79 Å². The van der Waals surface area contributed by atoms with E-state index in [1.807, 2.05) is 20.8 Å². The third kappa shape index (κ3) is 4.67. The Hall–Kier alpha value is -0.530. The van der Waals surface area contributed by atoms with Crippen molar-refractivity contribution < 1.29 is 9.53 Å². The lowest BCUT2D eigenvalue weighted by atomic mass is 9.84. The Bertz CT molecular complexity index is 219. The van der Waals surface area contributed by atoms with E-state index in [0.29, 0.717) is 11.8 Å². The van der Waals surface area contributed by atoms with Crippen LogP contribution in [0.5, 0.6) is 0 Å². The summed E-state index contributed by atoms with van der Waals surface area (Å²) in [5.74, 6) is -0.0457. The number of carbonyl (C=O) groups is 1. The molecule has 0 radical (unpaired) electrons. The highest BCUT2D eigenvalue weighted by molar-refractivity contribution is 5.69. The summed E-state index contributed by atoms with van der Waals surface area (Å²) in [5, 5.41) is 0. The molecule has 2 heteroatoms. The molecule has 0 aromatic carbocycles. The molecule has 0 amide bonds. The first-order chi connectivity index (χ1) is 6.81. The van der Waals surface area contributed by atoms with Gasteiger partial charge < -0.3 is 4.74 Å². The summed E-state index contributed by atoms with van der Waals surface area (Å²) in [6.07, 6.45) is 6.76. The van der Waals surface area contributed by atoms with Crippen molar-refractivity contribution in [2.75, 3.05) is 0 Å². The predicted molar refractivity (Wildman–Crippen MR) is 61.7 cm³/mol. The maximum atomic E-state index is 11.5. The molecule has 0 N–H and O–H groups in total. The van der Waals surface area contributed by atoms with Crippen LogP contribution in [0.2, 0.25) is 0 Å². The van der Waals surface area contributed by atoms with Gasteiger partial charge in [0.1, 0.15) is 5.60 Å². The van der Waals surface area contributed by atoms with Gasteiger partial charge in [-0.2, -0.15) is 0 Å². The third-order valence-electron chi connectivity index (χ3n) is 3.16. The van der Waals surface area contributed by atoms with Crippen LogP contribution in [-0.4, -0.2) is 11.6 Å². The predicted octanol–water partition coefficient (Wildman–Crippen LogP) is 3.69. The van der Waals surface area contributed by atoms with Crippen LogP contribution in [-0.2, 0) is 9.53 Å². The molecule has 0 aromatic rings. The fraction of sp³-hybridized carbons (Fsp3) is 0.923. The molecule has 0 aliphatic heterocycles. The molecular formula is C13H24O2. The second-order valence-electron chi connectivity index (χ2n) is 6.10. The van der Waals surface area contributed by atoms with Crippen LogP contribution >= 0.6 is 0 Å². The molecule has 88 valence electrons. The number of esters is 1. The highest BCUT2D eigenvalue weighted by atomic mass is 16.6. The standard InChI is InChI=1S/C13H24O2/c1-12(2,3)15-11(14)7-10-13(4)8-5-6-9-13/h5-10H2,1-4H3. The number of ether oxygens (including phenoxy) is 1. The summed E-state index contributed by atoms with van der Waals surface area (Å²) < 4.78 is 5.30. The summed E-state index contributed by atoms with van der Waals surface area (Å²) in [7, 11) is 0. The first kappa shape index (κ1) is 12.5. The average Bonchev–Trinajstić information content (AvgIpc) is 2.47. The van der Waals surface area contributed by atoms with E-state index in [4.69, 9.17) is 4.74 Å². The topological polar surface area (TPSA) is 26.3 Å². The minimum absolute atomic E-state index is 0.0457. The van der Waals surface area contributed by atoms with E-state index in [9.17, 15) is 4.79 Å². The van der Waals surface area contributed by atoms with Crippen molar-refractivity contribution in [1.29, 1.82) is 0 Å². The highest BCUT2D eigenvalue weighted by Gasteiger charge is 2.29. The van der Waals surface area contributed by atoms with E-state index < -0.39 is 0 Å². The summed E-state index contributed by atoms with van der Waals surface area (Å²) >= 11 is 0. The molecule has 0 heterocycles. The average molecular weight is 212 g/mol. The molecule has 0 spiro atoms. The van der Waals surface area contributed by atoms with Crippen LogP contribution in [0, 0.1) is 5.41 Å². The molecule has 15 heavy (non-hydrogen) atoms. The number of hydrogen-bond donors (Lipinski definition) is 0. The van der Waals surface area contributed by atoms with Gasteiger partial charge in [-0.25, -0.2) is 0 Å². The van der Waals surface area contributed by atoms with E-state index in [2.05, 4.69) is 6.92 Å². The summed E-state index contributed by atoms with van der Waals surface area (Å²) in [6.45, 7) is 8.05. The molecule has 1 saturated carbocycles. The first-order valence-corrected chi connectivity index (χ1v) is 6.03. The van der Waals surface area contributed by atoms with Gasteiger partial charge in [-0.1, -0.05) is 19.8 Å². The Morgan fingerprint density at radius 1 is 1.27 bits per heavy atom. The zero-order valence-corrected chi connectivity index (χ0v) is 10.6. The van der Waals surface area contributed by atoms with Gasteiger partial charge in [0.05, 0.1) is 0 Å². The second kappa shape index (κ2) is 4.54. The third-order valence-corrected chi connectivity index (χ3v) is 3.16. The van der Waals surface area contributed by atoms with Crippen molar-refractivity contribution in [3.05, 3.63) is 0 Å². The second-order valence-corrected chi connectivity index (χ2v) is 6.10. The maximum absolute atomic E-state index is 11.5. The van der Waals surface area contributed by atoms with Gasteiger partial charge in [-0.05, 0) is 45.4 Å². The lowest BCUT2D eigenvalue weighted by Crippen LogP contribution is -2.25. The van der Waals surface area contributed by atoms with E-state index >= 15 is 0 Å². The van der Waals surface area contributed by atoms with Crippen LogP contribution in [0.3, 0.4) is 0 Å². The maximum Gasteiger partial charge on any atom is 0.306 e. The molecule has 1 aliphatic rings. The van der Waals surface area contributed by atoms with Crippen LogP contribution in [0.4, 0.5) is 0 Å². The van der Waals surface area contributed by atoms with Crippen LogP contribution < -0.4 is 0 Å². The van der Waals surface area contributed by atoms with E-state index in [1.54, 1.807) is 0 Å². The molecule has 0 atom stereocenters. The Balaban J connectivity index is 2.28. The molecule has 0 bridgehead atoms. The fourth-order valence-electron chi connectivity index (χ4n) is 2.27. The summed E-state index contributed by atoms with van der Waals surface area (Å²) in [6, 6.07) is 0. The van der Waals surface area contributed by atoms with Gasteiger partial charge in [0, 0.05) is 6.42 Å². The summed E-state index contributed by atoms with van der Waals surface area (Å²) in [4.78, 5) is 11.5. The van der Waals surface area contributed by atoms with Crippen molar-refractivity contribution in [3.63, 3.8) is 0 Å². The Morgan fingerprint density at radius 3 is 2.27 bits per heavy atom. The van der Waals surface area contributed by atoms with Crippen molar-refractivity contribution in [1.82, 2.24) is 0 Å². The number of hydrogen-bond acceptors (Lipinski definition) is 2. The minimum Gasteiger partial charge on any atom is -0.460 e. The molecule has 2 nitrogen and oxygen atoms in total. The SMILES string of the molecule is CC1(CCC(=O)OC(C)(C)C)CCCC1. The fourth-order valence-corrected chi connectivity index (χ4v) is 2.27. The number of rotatable bonds is 3. The molecule has 0 saturated heterocycles. The molecule has 1 fully saturated rings. The lowest BCUT2D eigenvalue weighted by molar-refractivity contribution is -0.155. The molecule has 1 rings (SSSR count). The minimum atomic E-state index is -0.340. The molecule has 0 unspecified atom stereocenters. The van der Waals surface area contributed by atoms with Crippen molar-refractivity contribution >= 4 is 5.97 Å². The van der Waals surface area contributed by atoms with Gasteiger partial charge in [0.2, 0.25) is 0 Å². The monoisotopic (exact) mass is 212 g/mol. The van der Waals surface area contributed by atoms with Gasteiger partial charge in [0.25, 0.3) is 0 Å². The Labute approximate surface area is 93.4 Å². The Morgan fingerprint density at radius 2 is 1.80 bits per heavy atom. The molecule has 1 aliphatic carbocycles. The number of carbonyl (C=O) groups excluding carboxylic acids is 1. The van der Waals surface area contributed by atoms with E-state index in [-0.39, 0.29) is 11.6 Å². The largest absolute Gasteiger partial charge is 0.460 e. The van der Waals surface area contributed by atoms with Gasteiger partial charge >= 0.3 is 5.97 Å². The van der Waals surface area contributed by atoms with Crippen molar-refractivity contribution in [2.24, 2.45) is 5.41 Å². The Kier molecular flexibility index (Phi) is 3.80. The van der Waals surface area contributed by atoms with Crippen LogP contribution in [0.25, 0.3) is 0 Å². The normalized spacial score (nSPS) is 20.3. The van der Waals surface area contributed by atoms with Gasteiger partial charge in [0.15, 0.2) is 0 Å². The van der Waals surface area contributed by atoms with Crippen molar-refractivity contribution in [2.45, 2.75) is 71.8 Å². The lowest BCUT2D eigenvalue weighted by Gasteiger charge is -2.24. The highest BCUT2D eigenvalue weighted by Crippen LogP contribution is 2.41. The molecular weight excluding hydrogens is 188 g/mol. The smallest absolute Gasteiger partial charge is 0.306 e. The van der Waals surface area contributed by atoms with Crippen LogP contribution in [0.15, 0.2) is 0 Å². The molecule has 0 aromatic heterocycles. The quantitative estimate of drug-likeness (QED) is 0.667. The zero-order valence-electron chi connectivity index (χ0n) is 10.6. The van der Waals surface area contributed by atoms with E-state index in [1.165, 1.54) is 25.7 Å². The van der Waals surface area contributed by atoms with Crippen molar-refractivity contribution in [3.8, 4) is 0 Å². The van der Waals surface area contributed by atoms with Gasteiger partial charge in [-0.15, -0.1) is 0 Å². The van der Waals surface area contributed by atoms with Crippen LogP contribution in [0.1, 0.15) is 66.2 Å².